The predicted molar refractivity (Wildman–Crippen MR) is 137 cm³/mol. The van der Waals surface area contributed by atoms with Gasteiger partial charge in [-0.3, -0.25) is 13.8 Å². The summed E-state index contributed by atoms with van der Waals surface area (Å²) in [5.74, 6) is -0.268. The summed E-state index contributed by atoms with van der Waals surface area (Å²) in [5.41, 5.74) is 3.93. The molecule has 0 aliphatic heterocycles. The van der Waals surface area contributed by atoms with Crippen LogP contribution in [0.3, 0.4) is 0 Å². The van der Waals surface area contributed by atoms with Gasteiger partial charge in [0.15, 0.2) is 0 Å². The highest BCUT2D eigenvalue weighted by Gasteiger charge is 2.23. The van der Waals surface area contributed by atoms with Crippen LogP contribution in [-0.2, 0) is 23.1 Å². The lowest BCUT2D eigenvalue weighted by Gasteiger charge is -2.21. The lowest BCUT2D eigenvalue weighted by Crippen LogP contribution is -2.28. The number of nitrogens with zero attached hydrogens (tertiary/aromatic N) is 4. The van der Waals surface area contributed by atoms with Crippen LogP contribution in [0.2, 0.25) is 0 Å². The number of carbonyl (C=O) groups excluding carboxylic acids is 1. The molecule has 0 saturated heterocycles. The smallest absolute Gasteiger partial charge is 0.264 e. The number of hydrogen-bond acceptors (Lipinski definition) is 4. The highest BCUT2D eigenvalue weighted by molar-refractivity contribution is 7.92. The van der Waals surface area contributed by atoms with Crippen LogP contribution < -0.4 is 4.31 Å². The Hall–Kier alpha value is -3.91. The minimum Gasteiger partial charge on any atom is -0.337 e. The molecule has 0 N–H and O–H groups in total. The van der Waals surface area contributed by atoms with E-state index in [0.717, 1.165) is 16.7 Å². The Balaban J connectivity index is 1.47. The zero-order valence-electron chi connectivity index (χ0n) is 20.0. The van der Waals surface area contributed by atoms with Gasteiger partial charge in [0.2, 0.25) is 0 Å². The van der Waals surface area contributed by atoms with Crippen LogP contribution in [0.5, 0.6) is 0 Å². The van der Waals surface area contributed by atoms with Crippen molar-refractivity contribution in [3.63, 3.8) is 0 Å². The maximum atomic E-state index is 13.2. The van der Waals surface area contributed by atoms with Crippen molar-refractivity contribution in [2.24, 2.45) is 0 Å². The Labute approximate surface area is 206 Å². The zero-order chi connectivity index (χ0) is 25.0. The fraction of sp³-hybridized carbons (Fsp3) is 0.185. The molecule has 0 radical (unpaired) electrons. The van der Waals surface area contributed by atoms with Crippen LogP contribution in [-0.4, -0.2) is 43.1 Å². The molecule has 1 amide bonds. The molecule has 4 rings (SSSR count). The van der Waals surface area contributed by atoms with E-state index in [1.54, 1.807) is 42.4 Å². The van der Waals surface area contributed by atoms with Gasteiger partial charge in [0.05, 0.1) is 23.3 Å². The second-order valence-electron chi connectivity index (χ2n) is 8.53. The van der Waals surface area contributed by atoms with E-state index < -0.39 is 10.0 Å². The van der Waals surface area contributed by atoms with Gasteiger partial charge in [-0.05, 0) is 42.8 Å². The number of carbonyl (C=O) groups is 1. The molecule has 1 heterocycles. The molecular formula is C27H28N4O3S. The van der Waals surface area contributed by atoms with Crippen LogP contribution in [0.4, 0.5) is 5.69 Å². The number of aromatic nitrogens is 2. The SMILES string of the molecule is Cc1ccc(N(C)S(=O)(=O)c2cccc(C(=O)N(C)Cc3cnn(Cc4ccccc4)c3)c2)cc1. The molecule has 0 fully saturated rings. The highest BCUT2D eigenvalue weighted by atomic mass is 32.2. The van der Waals surface area contributed by atoms with E-state index in [1.165, 1.54) is 23.5 Å². The van der Waals surface area contributed by atoms with Gasteiger partial charge in [-0.25, -0.2) is 8.42 Å². The number of rotatable bonds is 8. The minimum atomic E-state index is -3.82. The van der Waals surface area contributed by atoms with Crippen molar-refractivity contribution in [2.75, 3.05) is 18.4 Å². The zero-order valence-corrected chi connectivity index (χ0v) is 20.8. The van der Waals surface area contributed by atoms with Crippen LogP contribution in [0.25, 0.3) is 0 Å². The summed E-state index contributed by atoms with van der Waals surface area (Å²) in [5, 5.41) is 4.39. The number of amides is 1. The lowest BCUT2D eigenvalue weighted by molar-refractivity contribution is 0.0785. The van der Waals surface area contributed by atoms with Crippen molar-refractivity contribution < 1.29 is 13.2 Å². The summed E-state index contributed by atoms with van der Waals surface area (Å²) in [6.07, 6.45) is 3.65. The second kappa shape index (κ2) is 10.1. The average molecular weight is 489 g/mol. The van der Waals surface area contributed by atoms with E-state index in [9.17, 15) is 13.2 Å². The highest BCUT2D eigenvalue weighted by Crippen LogP contribution is 2.23. The van der Waals surface area contributed by atoms with Gasteiger partial charge in [-0.1, -0.05) is 54.1 Å². The third-order valence-corrected chi connectivity index (χ3v) is 7.56. The van der Waals surface area contributed by atoms with Gasteiger partial charge in [0.25, 0.3) is 15.9 Å². The molecule has 0 unspecified atom stereocenters. The van der Waals surface area contributed by atoms with E-state index in [-0.39, 0.29) is 10.8 Å². The molecule has 0 saturated carbocycles. The molecular weight excluding hydrogens is 460 g/mol. The molecule has 0 atom stereocenters. The molecule has 3 aromatic carbocycles. The molecule has 8 heteroatoms. The van der Waals surface area contributed by atoms with Crippen LogP contribution in [0.15, 0.2) is 96.2 Å². The van der Waals surface area contributed by atoms with E-state index in [0.29, 0.717) is 24.3 Å². The molecule has 180 valence electrons. The van der Waals surface area contributed by atoms with Gasteiger partial charge >= 0.3 is 0 Å². The van der Waals surface area contributed by atoms with Crippen LogP contribution in [0, 0.1) is 6.92 Å². The van der Waals surface area contributed by atoms with Crippen molar-refractivity contribution in [1.29, 1.82) is 0 Å². The van der Waals surface area contributed by atoms with Crippen LogP contribution >= 0.6 is 0 Å². The van der Waals surface area contributed by atoms with E-state index >= 15 is 0 Å². The van der Waals surface area contributed by atoms with E-state index in [4.69, 9.17) is 0 Å². The Morgan fingerprint density at radius 3 is 2.34 bits per heavy atom. The maximum absolute atomic E-state index is 13.2. The van der Waals surface area contributed by atoms with Crippen molar-refractivity contribution >= 4 is 21.6 Å². The second-order valence-corrected chi connectivity index (χ2v) is 10.5. The first kappa shape index (κ1) is 24.2. The van der Waals surface area contributed by atoms with Gasteiger partial charge < -0.3 is 4.90 Å². The number of hydrogen-bond donors (Lipinski definition) is 0. The summed E-state index contributed by atoms with van der Waals surface area (Å²) in [4.78, 5) is 14.7. The van der Waals surface area contributed by atoms with Gasteiger partial charge in [-0.15, -0.1) is 0 Å². The fourth-order valence-corrected chi connectivity index (χ4v) is 4.99. The standard InChI is InChI=1S/C27H28N4O3S/c1-21-12-14-25(15-13-21)30(3)35(33,34)26-11-7-10-24(16-26)27(32)29(2)18-23-17-28-31(20-23)19-22-8-5-4-6-9-22/h4-17,20H,18-19H2,1-3H3. The van der Waals surface area contributed by atoms with Crippen molar-refractivity contribution in [3.05, 3.63) is 114 Å². The third kappa shape index (κ3) is 5.60. The van der Waals surface area contributed by atoms with E-state index in [1.807, 2.05) is 60.3 Å². The summed E-state index contributed by atoms with van der Waals surface area (Å²) in [7, 11) is -0.624. The van der Waals surface area contributed by atoms with Crippen LogP contribution in [0.1, 0.15) is 27.0 Å². The molecule has 35 heavy (non-hydrogen) atoms. The molecule has 7 nitrogen and oxygen atoms in total. The Bertz CT molecular complexity index is 1410. The molecule has 0 bridgehead atoms. The van der Waals surface area contributed by atoms with Gasteiger partial charge in [0.1, 0.15) is 0 Å². The minimum absolute atomic E-state index is 0.0653. The fourth-order valence-electron chi connectivity index (χ4n) is 3.75. The molecule has 0 aliphatic carbocycles. The summed E-state index contributed by atoms with van der Waals surface area (Å²) in [6, 6.07) is 23.4. The first-order valence-corrected chi connectivity index (χ1v) is 12.6. The maximum Gasteiger partial charge on any atom is 0.264 e. The first-order chi connectivity index (χ1) is 16.7. The predicted octanol–water partition coefficient (Wildman–Crippen LogP) is 4.34. The number of aryl methyl sites for hydroxylation is 1. The Kier molecular flexibility index (Phi) is 7.02. The molecule has 0 aliphatic rings. The normalized spacial score (nSPS) is 11.3. The Morgan fingerprint density at radius 2 is 1.63 bits per heavy atom. The lowest BCUT2D eigenvalue weighted by atomic mass is 10.2. The summed E-state index contributed by atoms with van der Waals surface area (Å²) >= 11 is 0. The summed E-state index contributed by atoms with van der Waals surface area (Å²) in [6.45, 7) is 2.94. The quantitative estimate of drug-likeness (QED) is 0.370. The topological polar surface area (TPSA) is 75.5 Å². The van der Waals surface area contributed by atoms with Crippen molar-refractivity contribution in [1.82, 2.24) is 14.7 Å². The van der Waals surface area contributed by atoms with E-state index in [2.05, 4.69) is 5.10 Å². The third-order valence-electron chi connectivity index (χ3n) is 5.78. The number of sulfonamides is 1. The van der Waals surface area contributed by atoms with Gasteiger partial charge in [0, 0.05) is 38.0 Å². The van der Waals surface area contributed by atoms with Gasteiger partial charge in [-0.2, -0.15) is 5.10 Å². The van der Waals surface area contributed by atoms with Crippen molar-refractivity contribution in [3.8, 4) is 0 Å². The number of anilines is 1. The molecule has 4 aromatic rings. The molecule has 0 spiro atoms. The molecule has 1 aromatic heterocycles. The number of benzene rings is 3. The summed E-state index contributed by atoms with van der Waals surface area (Å²) < 4.78 is 29.4. The average Bonchev–Trinajstić information content (AvgIpc) is 3.30. The van der Waals surface area contributed by atoms with Crippen molar-refractivity contribution in [2.45, 2.75) is 24.9 Å². The Morgan fingerprint density at radius 1 is 0.914 bits per heavy atom. The largest absolute Gasteiger partial charge is 0.337 e. The first-order valence-electron chi connectivity index (χ1n) is 11.2. The monoisotopic (exact) mass is 488 g/mol.